The third-order valence-corrected chi connectivity index (χ3v) is 3.15. The number of nitrogens with zero attached hydrogens (tertiary/aromatic N) is 1. The summed E-state index contributed by atoms with van der Waals surface area (Å²) in [6.07, 6.45) is 1.96. The lowest BCUT2D eigenvalue weighted by atomic mass is 10.1. The fourth-order valence-corrected chi connectivity index (χ4v) is 2.07. The molecule has 1 amide bonds. The minimum absolute atomic E-state index is 0.0957. The van der Waals surface area contributed by atoms with E-state index in [0.29, 0.717) is 5.75 Å². The van der Waals surface area contributed by atoms with Crippen molar-refractivity contribution in [3.05, 3.63) is 29.8 Å². The zero-order valence-corrected chi connectivity index (χ0v) is 10.8. The van der Waals surface area contributed by atoms with Gasteiger partial charge in [-0.15, -0.1) is 0 Å². The number of aliphatic carboxylic acids is 1. The fraction of sp³-hybridized carbons (Fsp3) is 0.429. The van der Waals surface area contributed by atoms with Crippen LogP contribution in [0.4, 0.5) is 0 Å². The maximum absolute atomic E-state index is 12.2. The molecule has 102 valence electrons. The van der Waals surface area contributed by atoms with E-state index in [1.807, 2.05) is 18.2 Å². The van der Waals surface area contributed by atoms with Gasteiger partial charge in [0.05, 0.1) is 13.5 Å². The van der Waals surface area contributed by atoms with Gasteiger partial charge in [0.15, 0.2) is 0 Å². The first-order chi connectivity index (χ1) is 9.11. The maximum atomic E-state index is 12.2. The van der Waals surface area contributed by atoms with E-state index in [4.69, 9.17) is 9.84 Å². The number of carbonyl (C=O) groups excluding carboxylic acids is 1. The smallest absolute Gasteiger partial charge is 0.323 e. The SMILES string of the molecule is COc1ccccc1CC(=O)N(CC(=O)O)C1CC1. The van der Waals surface area contributed by atoms with Crippen LogP contribution in [0.3, 0.4) is 0 Å². The Kier molecular flexibility index (Phi) is 4.04. The van der Waals surface area contributed by atoms with Gasteiger partial charge in [0, 0.05) is 11.6 Å². The van der Waals surface area contributed by atoms with E-state index in [0.717, 1.165) is 18.4 Å². The first kappa shape index (κ1) is 13.4. The number of ether oxygens (including phenoxy) is 1. The predicted octanol–water partition coefficient (Wildman–Crippen LogP) is 1.31. The van der Waals surface area contributed by atoms with Crippen LogP contribution in [0.1, 0.15) is 18.4 Å². The number of rotatable bonds is 6. The number of hydrogen-bond donors (Lipinski definition) is 1. The first-order valence-electron chi connectivity index (χ1n) is 6.25. The van der Waals surface area contributed by atoms with E-state index in [2.05, 4.69) is 0 Å². The standard InChI is InChI=1S/C14H17NO4/c1-19-12-5-3-2-4-10(12)8-13(16)15(9-14(17)18)11-6-7-11/h2-5,11H,6-9H2,1H3,(H,17,18). The molecular formula is C14H17NO4. The van der Waals surface area contributed by atoms with Crippen molar-refractivity contribution in [3.63, 3.8) is 0 Å². The predicted molar refractivity (Wildman–Crippen MR) is 69.1 cm³/mol. The van der Waals surface area contributed by atoms with Crippen molar-refractivity contribution in [2.24, 2.45) is 0 Å². The summed E-state index contributed by atoms with van der Waals surface area (Å²) in [4.78, 5) is 24.5. The van der Waals surface area contributed by atoms with Crippen LogP contribution in [0.15, 0.2) is 24.3 Å². The summed E-state index contributed by atoms with van der Waals surface area (Å²) in [5.41, 5.74) is 0.783. The van der Waals surface area contributed by atoms with Gasteiger partial charge in [0.25, 0.3) is 0 Å². The highest BCUT2D eigenvalue weighted by Gasteiger charge is 2.33. The Morgan fingerprint density at radius 1 is 1.37 bits per heavy atom. The van der Waals surface area contributed by atoms with E-state index in [9.17, 15) is 9.59 Å². The molecule has 0 bridgehead atoms. The number of benzene rings is 1. The molecule has 1 aliphatic rings. The van der Waals surface area contributed by atoms with Crippen LogP contribution in [0.25, 0.3) is 0 Å². The van der Waals surface area contributed by atoms with Gasteiger partial charge in [-0.1, -0.05) is 18.2 Å². The molecule has 0 saturated heterocycles. The number of carboxylic acid groups (broad SMARTS) is 1. The molecule has 1 aromatic carbocycles. The van der Waals surface area contributed by atoms with Crippen LogP contribution in [0.5, 0.6) is 5.75 Å². The lowest BCUT2D eigenvalue weighted by Gasteiger charge is -2.20. The van der Waals surface area contributed by atoms with Gasteiger partial charge in [-0.25, -0.2) is 0 Å². The molecule has 0 heterocycles. The molecule has 0 aliphatic heterocycles. The molecule has 1 saturated carbocycles. The van der Waals surface area contributed by atoms with Crippen molar-refractivity contribution in [1.29, 1.82) is 0 Å². The summed E-state index contributed by atoms with van der Waals surface area (Å²) in [6, 6.07) is 7.38. The number of carbonyl (C=O) groups is 2. The van der Waals surface area contributed by atoms with Gasteiger partial charge in [-0.05, 0) is 18.9 Å². The third-order valence-electron chi connectivity index (χ3n) is 3.15. The molecule has 1 aromatic rings. The summed E-state index contributed by atoms with van der Waals surface area (Å²) in [5, 5.41) is 8.86. The number of amides is 1. The lowest BCUT2D eigenvalue weighted by Crippen LogP contribution is -2.38. The summed E-state index contributed by atoms with van der Waals surface area (Å²) >= 11 is 0. The molecule has 1 aliphatic carbocycles. The van der Waals surface area contributed by atoms with E-state index >= 15 is 0 Å². The Balaban J connectivity index is 2.08. The van der Waals surface area contributed by atoms with E-state index in [1.165, 1.54) is 4.90 Å². The van der Waals surface area contributed by atoms with Crippen molar-refractivity contribution in [2.45, 2.75) is 25.3 Å². The number of para-hydroxylation sites is 1. The minimum atomic E-state index is -0.972. The second-order valence-electron chi connectivity index (χ2n) is 4.64. The number of hydrogen-bond acceptors (Lipinski definition) is 3. The van der Waals surface area contributed by atoms with Gasteiger partial charge in [0.1, 0.15) is 12.3 Å². The van der Waals surface area contributed by atoms with Gasteiger partial charge in [0.2, 0.25) is 5.91 Å². The Bertz CT molecular complexity index is 482. The Morgan fingerprint density at radius 2 is 2.05 bits per heavy atom. The molecule has 0 spiro atoms. The average molecular weight is 263 g/mol. The highest BCUT2D eigenvalue weighted by atomic mass is 16.5. The van der Waals surface area contributed by atoms with Crippen molar-refractivity contribution in [2.75, 3.05) is 13.7 Å². The van der Waals surface area contributed by atoms with Crippen molar-refractivity contribution < 1.29 is 19.4 Å². The summed E-state index contributed by atoms with van der Waals surface area (Å²) in [5.74, 6) is -0.475. The van der Waals surface area contributed by atoms with Crippen LogP contribution < -0.4 is 4.74 Å². The Morgan fingerprint density at radius 3 is 2.63 bits per heavy atom. The van der Waals surface area contributed by atoms with Crippen LogP contribution >= 0.6 is 0 Å². The summed E-state index contributed by atoms with van der Waals surface area (Å²) in [7, 11) is 1.55. The first-order valence-corrected chi connectivity index (χ1v) is 6.25. The summed E-state index contributed by atoms with van der Waals surface area (Å²) in [6.45, 7) is -0.224. The molecule has 0 aromatic heterocycles. The molecule has 5 nitrogen and oxygen atoms in total. The van der Waals surface area contributed by atoms with Crippen LogP contribution in [0.2, 0.25) is 0 Å². The molecule has 19 heavy (non-hydrogen) atoms. The lowest BCUT2D eigenvalue weighted by molar-refractivity contribution is -0.144. The van der Waals surface area contributed by atoms with Gasteiger partial charge in [-0.3, -0.25) is 9.59 Å². The summed E-state index contributed by atoms with van der Waals surface area (Å²) < 4.78 is 5.20. The van der Waals surface area contributed by atoms with Crippen molar-refractivity contribution in [1.82, 2.24) is 4.90 Å². The molecule has 1 N–H and O–H groups in total. The number of methoxy groups -OCH3 is 1. The maximum Gasteiger partial charge on any atom is 0.323 e. The second-order valence-corrected chi connectivity index (χ2v) is 4.64. The zero-order chi connectivity index (χ0) is 13.8. The van der Waals surface area contributed by atoms with Crippen LogP contribution in [0, 0.1) is 0 Å². The van der Waals surface area contributed by atoms with Gasteiger partial charge in [-0.2, -0.15) is 0 Å². The zero-order valence-electron chi connectivity index (χ0n) is 10.8. The molecule has 0 radical (unpaired) electrons. The number of carboxylic acids is 1. The minimum Gasteiger partial charge on any atom is -0.496 e. The molecule has 0 atom stereocenters. The molecule has 0 unspecified atom stereocenters. The van der Waals surface area contributed by atoms with E-state index in [-0.39, 0.29) is 24.9 Å². The molecular weight excluding hydrogens is 246 g/mol. The highest BCUT2D eigenvalue weighted by molar-refractivity contribution is 5.84. The monoisotopic (exact) mass is 263 g/mol. The topological polar surface area (TPSA) is 66.8 Å². The van der Waals surface area contributed by atoms with Gasteiger partial charge < -0.3 is 14.7 Å². The van der Waals surface area contributed by atoms with Crippen LogP contribution in [-0.2, 0) is 16.0 Å². The molecule has 1 fully saturated rings. The van der Waals surface area contributed by atoms with E-state index in [1.54, 1.807) is 13.2 Å². The largest absolute Gasteiger partial charge is 0.496 e. The fourth-order valence-electron chi connectivity index (χ4n) is 2.07. The molecule has 2 rings (SSSR count). The third kappa shape index (κ3) is 3.47. The highest BCUT2D eigenvalue weighted by Crippen LogP contribution is 2.28. The van der Waals surface area contributed by atoms with Gasteiger partial charge >= 0.3 is 5.97 Å². The van der Waals surface area contributed by atoms with Crippen molar-refractivity contribution >= 4 is 11.9 Å². The second kappa shape index (κ2) is 5.73. The molecule has 5 heteroatoms. The van der Waals surface area contributed by atoms with E-state index < -0.39 is 5.97 Å². The Hall–Kier alpha value is -2.04. The van der Waals surface area contributed by atoms with Crippen LogP contribution in [-0.4, -0.2) is 41.6 Å². The Labute approximate surface area is 111 Å². The normalized spacial score (nSPS) is 13.9. The quantitative estimate of drug-likeness (QED) is 0.840. The average Bonchev–Trinajstić information content (AvgIpc) is 3.20. The van der Waals surface area contributed by atoms with Crippen molar-refractivity contribution in [3.8, 4) is 5.75 Å².